The Morgan fingerprint density at radius 1 is 1.08 bits per heavy atom. The lowest BCUT2D eigenvalue weighted by molar-refractivity contribution is 0.122. The van der Waals surface area contributed by atoms with Gasteiger partial charge in [-0.05, 0) is 54.5 Å². The quantitative estimate of drug-likeness (QED) is 0.880. The molecular weight excluding hydrogens is 328 g/mol. The minimum Gasteiger partial charge on any atom is -0.508 e. The van der Waals surface area contributed by atoms with Crippen molar-refractivity contribution in [2.75, 3.05) is 26.7 Å². The maximum Gasteiger partial charge on any atom is 0.121 e. The van der Waals surface area contributed by atoms with E-state index in [1.165, 1.54) is 19.3 Å². The van der Waals surface area contributed by atoms with E-state index < -0.39 is 6.10 Å². The molecule has 1 aliphatic carbocycles. The molecule has 2 heterocycles. The molecule has 1 saturated carbocycles. The van der Waals surface area contributed by atoms with Gasteiger partial charge in [0, 0.05) is 32.0 Å². The second-order valence-electron chi connectivity index (χ2n) is 7.16. The standard InChI is InChI=1S/C15H21NO2.C6H7NO/c17-14-6-4-11(5-7-14)15(18)10-16-8-12-2-1-3-13(12)9-16;1-8-6-2-4-7-5-3-6/h4-7,12-13,15,17-18H,1-3,8-10H2;2-5H,1H3/t12-,13+,15?;. The SMILES string of the molecule is COc1ccncc1.Oc1ccc(C(O)CN2C[C@H]3CCC[C@H]3C2)cc1. The number of aliphatic hydroxyl groups is 1. The third-order valence-electron chi connectivity index (χ3n) is 5.40. The summed E-state index contributed by atoms with van der Waals surface area (Å²) in [4.78, 5) is 6.21. The molecule has 2 aliphatic rings. The van der Waals surface area contributed by atoms with Gasteiger partial charge in [-0.15, -0.1) is 0 Å². The fourth-order valence-electron chi connectivity index (χ4n) is 4.00. The van der Waals surface area contributed by atoms with Crippen LogP contribution >= 0.6 is 0 Å². The summed E-state index contributed by atoms with van der Waals surface area (Å²) in [6.45, 7) is 3.03. The van der Waals surface area contributed by atoms with Gasteiger partial charge in [0.1, 0.15) is 11.5 Å². The molecule has 0 bridgehead atoms. The number of benzene rings is 1. The zero-order valence-electron chi connectivity index (χ0n) is 15.3. The first-order valence-corrected chi connectivity index (χ1v) is 9.29. The number of hydrogen-bond donors (Lipinski definition) is 2. The zero-order valence-corrected chi connectivity index (χ0v) is 15.3. The van der Waals surface area contributed by atoms with E-state index in [-0.39, 0.29) is 5.75 Å². The number of phenols is 1. The normalized spacial score (nSPS) is 23.0. The topological polar surface area (TPSA) is 65.8 Å². The number of methoxy groups -OCH3 is 1. The van der Waals surface area contributed by atoms with E-state index in [1.54, 1.807) is 55.9 Å². The molecule has 1 aromatic heterocycles. The zero-order chi connectivity index (χ0) is 18.4. The van der Waals surface area contributed by atoms with E-state index in [9.17, 15) is 10.2 Å². The number of phenolic OH excluding ortho intramolecular Hbond substituents is 1. The lowest BCUT2D eigenvalue weighted by atomic mass is 10.0. The van der Waals surface area contributed by atoms with Crippen molar-refractivity contribution in [2.45, 2.75) is 25.4 Å². The van der Waals surface area contributed by atoms with Crippen LogP contribution in [0.3, 0.4) is 0 Å². The van der Waals surface area contributed by atoms with Crippen LogP contribution in [0, 0.1) is 11.8 Å². The van der Waals surface area contributed by atoms with Crippen LogP contribution in [0.1, 0.15) is 30.9 Å². The highest BCUT2D eigenvalue weighted by Crippen LogP contribution is 2.38. The van der Waals surface area contributed by atoms with Crippen LogP contribution in [-0.4, -0.2) is 46.8 Å². The fourth-order valence-corrected chi connectivity index (χ4v) is 4.00. The fraction of sp³-hybridized carbons (Fsp3) is 0.476. The smallest absolute Gasteiger partial charge is 0.121 e. The first-order valence-electron chi connectivity index (χ1n) is 9.29. The summed E-state index contributed by atoms with van der Waals surface area (Å²) in [5.41, 5.74) is 0.893. The molecular formula is C21H28N2O3. The maximum atomic E-state index is 10.2. The molecule has 1 aliphatic heterocycles. The number of nitrogens with zero attached hydrogens (tertiary/aromatic N) is 2. The van der Waals surface area contributed by atoms with Crippen LogP contribution in [0.4, 0.5) is 0 Å². The van der Waals surface area contributed by atoms with Crippen molar-refractivity contribution in [3.05, 3.63) is 54.4 Å². The van der Waals surface area contributed by atoms with Gasteiger partial charge in [-0.25, -0.2) is 0 Å². The predicted molar refractivity (Wildman–Crippen MR) is 101 cm³/mol. The number of aliphatic hydroxyl groups excluding tert-OH is 1. The second kappa shape index (κ2) is 9.01. The van der Waals surface area contributed by atoms with Gasteiger partial charge in [0.05, 0.1) is 13.2 Å². The molecule has 0 radical (unpaired) electrons. The highest BCUT2D eigenvalue weighted by Gasteiger charge is 2.36. The molecule has 2 aromatic rings. The third kappa shape index (κ3) is 4.96. The van der Waals surface area contributed by atoms with Gasteiger partial charge >= 0.3 is 0 Å². The Balaban J connectivity index is 0.000000206. The first kappa shape index (κ1) is 18.7. The van der Waals surface area contributed by atoms with E-state index in [1.807, 2.05) is 0 Å². The number of rotatable bonds is 4. The van der Waals surface area contributed by atoms with E-state index >= 15 is 0 Å². The molecule has 26 heavy (non-hydrogen) atoms. The van der Waals surface area contributed by atoms with Gasteiger partial charge in [0.15, 0.2) is 0 Å². The molecule has 1 saturated heterocycles. The number of likely N-dealkylation sites (tertiary alicyclic amines) is 1. The van der Waals surface area contributed by atoms with E-state index in [0.717, 1.165) is 42.8 Å². The number of β-amino-alcohol motifs (C(OH)–C–C–N with tert-alkyl or cyclic N) is 1. The monoisotopic (exact) mass is 356 g/mol. The van der Waals surface area contributed by atoms with Crippen LogP contribution in [-0.2, 0) is 0 Å². The van der Waals surface area contributed by atoms with E-state index in [2.05, 4.69) is 9.88 Å². The summed E-state index contributed by atoms with van der Waals surface area (Å²) in [7, 11) is 1.63. The van der Waals surface area contributed by atoms with Crippen LogP contribution < -0.4 is 4.74 Å². The van der Waals surface area contributed by atoms with Gasteiger partial charge in [0.2, 0.25) is 0 Å². The molecule has 5 heteroatoms. The summed E-state index contributed by atoms with van der Waals surface area (Å²) < 4.78 is 4.87. The number of aromatic hydroxyl groups is 1. The van der Waals surface area contributed by atoms with Gasteiger partial charge in [-0.1, -0.05) is 18.6 Å². The number of pyridine rings is 1. The van der Waals surface area contributed by atoms with Gasteiger partial charge in [-0.2, -0.15) is 0 Å². The minimum absolute atomic E-state index is 0.252. The van der Waals surface area contributed by atoms with Gasteiger partial charge in [0.25, 0.3) is 0 Å². The van der Waals surface area contributed by atoms with Crippen molar-refractivity contribution in [2.24, 2.45) is 11.8 Å². The second-order valence-corrected chi connectivity index (χ2v) is 7.16. The Morgan fingerprint density at radius 3 is 2.23 bits per heavy atom. The molecule has 2 fully saturated rings. The number of ether oxygens (including phenoxy) is 1. The molecule has 5 nitrogen and oxygen atoms in total. The van der Waals surface area contributed by atoms with E-state index in [4.69, 9.17) is 4.74 Å². The van der Waals surface area contributed by atoms with Gasteiger partial charge in [-0.3, -0.25) is 9.88 Å². The summed E-state index contributed by atoms with van der Waals surface area (Å²) in [5, 5.41) is 19.5. The van der Waals surface area contributed by atoms with Crippen molar-refractivity contribution in [1.29, 1.82) is 0 Å². The lowest BCUT2D eigenvalue weighted by Crippen LogP contribution is -2.27. The minimum atomic E-state index is -0.440. The third-order valence-corrected chi connectivity index (χ3v) is 5.40. The predicted octanol–water partition coefficient (Wildman–Crippen LogP) is 3.25. The molecule has 0 amide bonds. The molecule has 4 rings (SSSR count). The Bertz CT molecular complexity index is 651. The lowest BCUT2D eigenvalue weighted by Gasteiger charge is -2.21. The van der Waals surface area contributed by atoms with Crippen molar-refractivity contribution >= 4 is 0 Å². The molecule has 3 atom stereocenters. The molecule has 0 spiro atoms. The Hall–Kier alpha value is -2.11. The summed E-state index contributed by atoms with van der Waals surface area (Å²) >= 11 is 0. The summed E-state index contributed by atoms with van der Waals surface area (Å²) in [6.07, 6.45) is 7.08. The summed E-state index contributed by atoms with van der Waals surface area (Å²) in [5.74, 6) is 2.84. The van der Waals surface area contributed by atoms with Crippen molar-refractivity contribution < 1.29 is 14.9 Å². The maximum absolute atomic E-state index is 10.2. The largest absolute Gasteiger partial charge is 0.508 e. The molecule has 1 unspecified atom stereocenters. The van der Waals surface area contributed by atoms with Crippen molar-refractivity contribution in [3.63, 3.8) is 0 Å². The average Bonchev–Trinajstić information content (AvgIpc) is 3.25. The molecule has 140 valence electrons. The molecule has 2 N–H and O–H groups in total. The molecule has 1 aromatic carbocycles. The number of aromatic nitrogens is 1. The average molecular weight is 356 g/mol. The van der Waals surface area contributed by atoms with Crippen molar-refractivity contribution in [1.82, 2.24) is 9.88 Å². The highest BCUT2D eigenvalue weighted by molar-refractivity contribution is 5.27. The van der Waals surface area contributed by atoms with Crippen LogP contribution in [0.25, 0.3) is 0 Å². The Kier molecular flexibility index (Phi) is 6.47. The van der Waals surface area contributed by atoms with Crippen LogP contribution in [0.5, 0.6) is 11.5 Å². The summed E-state index contributed by atoms with van der Waals surface area (Å²) in [6, 6.07) is 10.5. The van der Waals surface area contributed by atoms with Crippen LogP contribution in [0.15, 0.2) is 48.8 Å². The number of hydrogen-bond acceptors (Lipinski definition) is 5. The van der Waals surface area contributed by atoms with Gasteiger partial charge < -0.3 is 14.9 Å². The Labute approximate surface area is 155 Å². The van der Waals surface area contributed by atoms with Crippen LogP contribution in [0.2, 0.25) is 0 Å². The Morgan fingerprint density at radius 2 is 1.69 bits per heavy atom. The highest BCUT2D eigenvalue weighted by atomic mass is 16.5. The number of fused-ring (bicyclic) bond motifs is 1. The van der Waals surface area contributed by atoms with E-state index in [0.29, 0.717) is 0 Å². The van der Waals surface area contributed by atoms with Crippen molar-refractivity contribution in [3.8, 4) is 11.5 Å². The first-order chi connectivity index (χ1) is 12.7.